The average molecular weight is 1840 g/mol. The van der Waals surface area contributed by atoms with Crippen LogP contribution in [0.1, 0.15) is 184 Å². The second-order valence-electron chi connectivity index (χ2n) is 32.8. The summed E-state index contributed by atoms with van der Waals surface area (Å²) in [6.45, 7) is 16.7. The largest absolute Gasteiger partial charge is 0.508 e. The van der Waals surface area contributed by atoms with E-state index in [-0.39, 0.29) is 144 Å². The highest BCUT2D eigenvalue weighted by molar-refractivity contribution is 7.98. The van der Waals surface area contributed by atoms with Crippen LogP contribution in [0.15, 0.2) is 34.3 Å². The number of carbonyl (C=O) groups excluding carboxylic acids is 16. The number of hydrogen-bond donors (Lipinski definition) is 27. The summed E-state index contributed by atoms with van der Waals surface area (Å²) < 4.78 is 0. The molecular formula is C80H141N25O20S2. The Balaban J connectivity index is 3.70. The van der Waals surface area contributed by atoms with Gasteiger partial charge in [0, 0.05) is 25.3 Å². The zero-order chi connectivity index (χ0) is 96.5. The highest BCUT2D eigenvalue weighted by atomic mass is 32.2. The maximum Gasteiger partial charge on any atom is 0.326 e. The van der Waals surface area contributed by atoms with Gasteiger partial charge < -0.3 is 141 Å². The number of thioether (sulfide) groups is 1. The molecule has 0 aromatic heterocycles. The number of nitrogens with one attached hydrogen (secondary N) is 14. The fourth-order valence-corrected chi connectivity index (χ4v) is 13.4. The van der Waals surface area contributed by atoms with E-state index >= 15 is 0 Å². The van der Waals surface area contributed by atoms with Gasteiger partial charge in [-0.25, -0.2) is 4.79 Å². The topological polar surface area (TPSA) is 778 Å². The number of aliphatic imine (C=N–C) groups is 2. The van der Waals surface area contributed by atoms with Crippen molar-refractivity contribution in [1.29, 1.82) is 0 Å². The number of carboxylic acid groups (broad SMARTS) is 1. The SMILES string of the molecule is CSCC[C@H](N)C(=O)N[C@@H](CC(C)C)C(=O)N[C@@H](CC(C)C)C(=O)N[C@@H](CCCCN)C(=O)N[C@@H](CCCCN)C(=O)N[C@@H](CC(N)=O)C(=O)N[C@@H](Cc1ccc(O)cc1)C(=O)N[C@@H](CC(N)=O)C(=O)N[C@@H](CC(C)C)C(=O)N[C@H](C(=O)N[C@@H](C)C(=O)N[C@@H](CS)C(=O)N[C@@H](CC(C)C)C(=O)N[C@@H](CCCN=C(N)N)C(=O)N[C@@H](CCCN=C(N)N)C(=O)O)[C@@H](C)O. The molecule has 16 amide bonds. The minimum atomic E-state index is -1.98. The fraction of sp³-hybridized carbons (Fsp3) is 0.688. The molecule has 16 atom stereocenters. The van der Waals surface area contributed by atoms with Crippen LogP contribution in [0.4, 0.5) is 0 Å². The number of amides is 16. The van der Waals surface area contributed by atoms with Gasteiger partial charge in [0.15, 0.2) is 11.9 Å². The van der Waals surface area contributed by atoms with E-state index in [2.05, 4.69) is 97.0 Å². The summed E-state index contributed by atoms with van der Waals surface area (Å²) in [5, 5.41) is 66.3. The van der Waals surface area contributed by atoms with Crippen LogP contribution in [0.5, 0.6) is 5.75 Å². The van der Waals surface area contributed by atoms with Gasteiger partial charge >= 0.3 is 5.97 Å². The average Bonchev–Trinajstić information content (AvgIpc) is 0.863. The Kier molecular flexibility index (Phi) is 54.5. The lowest BCUT2D eigenvalue weighted by molar-refractivity contribution is -0.142. The van der Waals surface area contributed by atoms with Gasteiger partial charge in [-0.1, -0.05) is 67.5 Å². The number of aliphatic carboxylic acids is 1. The second kappa shape index (κ2) is 60.7. The predicted molar refractivity (Wildman–Crippen MR) is 480 cm³/mol. The van der Waals surface area contributed by atoms with Crippen LogP contribution in [0.3, 0.4) is 0 Å². The normalized spacial score (nSPS) is 15.0. The molecule has 718 valence electrons. The standard InChI is InChI=1S/C80H141N25O20S2/c1-40(2)32-53(97-65(111)48(83)26-31-127-11)71(117)98-54(33-41(3)4)69(115)94-49(18-12-14-27-81)66(112)93-50(19-13-15-28-82)68(114)102-58(37-61(84)108)74(120)101-57(36-46-22-24-47(107)25-23-46)72(118)103-59(38-62(85)109)73(119)99-56(35-43(7)8)75(121)105-63(45(10)106)77(123)92-44(9)64(110)104-60(39-126)76(122)100-55(34-42(5)6)70(116)95-51(20-16-29-90-79(86)87)67(113)96-52(78(124)125)21-17-30-91-80(88)89/h22-25,40-45,48-60,63,106-107,126H,12-21,26-39,81-83H2,1-11H3,(H2,84,108)(H2,85,109)(H,92,123)(H,93,112)(H,94,115)(H,95,116)(H,96,113)(H,97,111)(H,98,117)(H,99,119)(H,100,122)(H,101,120)(H,102,114)(H,103,118)(H,104,110)(H,105,121)(H,124,125)(H4,86,87,90)(H4,88,89,91)/t44-,45+,48-,49-,50-,51-,52-,53-,54-,55-,56-,57-,58-,59-,60-,63-/m0/s1. The van der Waals surface area contributed by atoms with Gasteiger partial charge in [0.1, 0.15) is 90.3 Å². The summed E-state index contributed by atoms with van der Waals surface area (Å²) in [6, 6.07) is -17.6. The zero-order valence-electron chi connectivity index (χ0n) is 74.6. The number of primary amides is 2. The molecule has 0 aliphatic heterocycles. The van der Waals surface area contributed by atoms with E-state index in [1.165, 1.54) is 43.0 Å². The van der Waals surface area contributed by atoms with E-state index in [0.717, 1.165) is 6.92 Å². The number of phenols is 1. The zero-order valence-corrected chi connectivity index (χ0v) is 76.3. The number of thiol groups is 1. The first-order valence-corrected chi connectivity index (χ1v) is 44.5. The molecule has 35 N–H and O–H groups in total. The Bertz CT molecular complexity index is 3820. The summed E-state index contributed by atoms with van der Waals surface area (Å²) in [5.41, 5.74) is 51.0. The van der Waals surface area contributed by atoms with Gasteiger partial charge in [0.05, 0.1) is 25.0 Å². The molecule has 1 rings (SSSR count). The van der Waals surface area contributed by atoms with Gasteiger partial charge in [-0.2, -0.15) is 24.4 Å². The van der Waals surface area contributed by atoms with Gasteiger partial charge in [0.25, 0.3) is 0 Å². The molecule has 1 aromatic rings. The van der Waals surface area contributed by atoms with Gasteiger partial charge in [-0.3, -0.25) is 86.7 Å². The number of carbonyl (C=O) groups is 17. The number of carboxylic acids is 1. The van der Waals surface area contributed by atoms with Crippen molar-refractivity contribution in [2.24, 2.45) is 85.3 Å². The molecule has 0 aliphatic carbocycles. The summed E-state index contributed by atoms with van der Waals surface area (Å²) in [4.78, 5) is 244. The Morgan fingerprint density at radius 3 is 1.03 bits per heavy atom. The van der Waals surface area contributed by atoms with Crippen molar-refractivity contribution >= 4 is 137 Å². The van der Waals surface area contributed by atoms with Crippen LogP contribution < -0.4 is 126 Å². The Morgan fingerprint density at radius 1 is 0.378 bits per heavy atom. The Labute approximate surface area is 750 Å². The molecule has 0 saturated heterocycles. The predicted octanol–water partition coefficient (Wildman–Crippen LogP) is -6.48. The number of benzene rings is 1. The van der Waals surface area contributed by atoms with Crippen LogP contribution in [-0.4, -0.2) is 268 Å². The van der Waals surface area contributed by atoms with E-state index in [0.29, 0.717) is 25.0 Å². The van der Waals surface area contributed by atoms with Gasteiger partial charge in [-0.15, -0.1) is 0 Å². The number of aromatic hydroxyl groups is 1. The highest BCUT2D eigenvalue weighted by Gasteiger charge is 2.40. The van der Waals surface area contributed by atoms with Crippen LogP contribution >= 0.6 is 24.4 Å². The number of unbranched alkanes of at least 4 members (excludes halogenated alkanes) is 2. The van der Waals surface area contributed by atoms with E-state index < -0.39 is 228 Å². The summed E-state index contributed by atoms with van der Waals surface area (Å²) in [6.07, 6.45) is -0.883. The lowest BCUT2D eigenvalue weighted by atomic mass is 9.99. The molecule has 0 saturated carbocycles. The van der Waals surface area contributed by atoms with E-state index in [1.54, 1.807) is 41.5 Å². The second-order valence-corrected chi connectivity index (χ2v) is 34.1. The van der Waals surface area contributed by atoms with Crippen molar-refractivity contribution in [3.05, 3.63) is 29.8 Å². The number of rotatable bonds is 64. The van der Waals surface area contributed by atoms with Gasteiger partial charge in [0.2, 0.25) is 94.5 Å². The van der Waals surface area contributed by atoms with Crippen molar-refractivity contribution in [1.82, 2.24) is 74.4 Å². The Morgan fingerprint density at radius 2 is 0.685 bits per heavy atom. The molecule has 0 heterocycles. The fourth-order valence-electron chi connectivity index (χ4n) is 12.7. The number of phenolic OH excluding ortho intramolecular Hbond substituents is 1. The number of hydrogen-bond acceptors (Lipinski definition) is 26. The first-order chi connectivity index (χ1) is 59.6. The molecule has 0 bridgehead atoms. The monoisotopic (exact) mass is 1840 g/mol. The molecular weight excluding hydrogens is 1700 g/mol. The maximum absolute atomic E-state index is 14.8. The van der Waals surface area contributed by atoms with E-state index in [4.69, 9.17) is 51.6 Å². The van der Waals surface area contributed by atoms with Crippen molar-refractivity contribution in [2.75, 3.05) is 43.9 Å². The smallest absolute Gasteiger partial charge is 0.326 e. The summed E-state index contributed by atoms with van der Waals surface area (Å²) in [7, 11) is 0. The molecule has 45 nitrogen and oxygen atoms in total. The van der Waals surface area contributed by atoms with Crippen LogP contribution in [0, 0.1) is 23.7 Å². The molecule has 0 fully saturated rings. The van der Waals surface area contributed by atoms with Crippen LogP contribution in [0.2, 0.25) is 0 Å². The molecule has 127 heavy (non-hydrogen) atoms. The first kappa shape index (κ1) is 114. The first-order valence-electron chi connectivity index (χ1n) is 42.5. The van der Waals surface area contributed by atoms with Gasteiger partial charge in [-0.05, 0) is 177 Å². The number of nitrogens with zero attached hydrogens (tertiary/aromatic N) is 2. The Hall–Kier alpha value is -10.9. The minimum absolute atomic E-state index is 0.00778. The number of nitrogens with two attached hydrogens (primary N) is 9. The lowest BCUT2D eigenvalue weighted by Crippen LogP contribution is -2.62. The summed E-state index contributed by atoms with van der Waals surface area (Å²) >= 11 is 5.73. The van der Waals surface area contributed by atoms with Crippen molar-refractivity contribution in [3.63, 3.8) is 0 Å². The van der Waals surface area contributed by atoms with E-state index in [1.807, 2.05) is 20.1 Å². The third kappa shape index (κ3) is 46.9. The molecule has 47 heteroatoms. The number of aliphatic hydroxyl groups excluding tert-OH is 1. The highest BCUT2D eigenvalue weighted by Crippen LogP contribution is 2.18. The lowest BCUT2D eigenvalue weighted by Gasteiger charge is -2.29. The molecule has 1 aromatic carbocycles. The third-order valence-electron chi connectivity index (χ3n) is 19.3. The quantitative estimate of drug-likeness (QED) is 0.0125. The maximum atomic E-state index is 14.8. The molecule has 0 aliphatic rings. The molecule has 0 radical (unpaired) electrons. The van der Waals surface area contributed by atoms with Crippen molar-refractivity contribution in [2.45, 2.75) is 282 Å². The number of guanidine groups is 2. The molecule has 0 unspecified atom stereocenters. The summed E-state index contributed by atoms with van der Waals surface area (Å²) in [5.74, 6) is -19.0. The molecule has 0 spiro atoms. The van der Waals surface area contributed by atoms with E-state index in [9.17, 15) is 96.8 Å². The number of aliphatic hydroxyl groups is 1. The van der Waals surface area contributed by atoms with Crippen molar-refractivity contribution in [3.8, 4) is 5.75 Å². The minimum Gasteiger partial charge on any atom is -0.508 e. The van der Waals surface area contributed by atoms with Crippen molar-refractivity contribution < 1.29 is 96.8 Å². The van der Waals surface area contributed by atoms with Crippen LogP contribution in [-0.2, 0) is 87.9 Å². The van der Waals surface area contributed by atoms with Crippen LogP contribution in [0.25, 0.3) is 0 Å². The third-order valence-corrected chi connectivity index (χ3v) is 20.4.